The van der Waals surface area contributed by atoms with Gasteiger partial charge in [0.15, 0.2) is 23.1 Å². The molecular weight excluding hydrogens is 272 g/mol. The molecule has 0 fully saturated rings. The Morgan fingerprint density at radius 1 is 0.952 bits per heavy atom. The van der Waals surface area contributed by atoms with Crippen molar-refractivity contribution in [3.8, 4) is 17.2 Å². The number of fused-ring (bicyclic) bond motifs is 4. The minimum absolute atomic E-state index is 0.00522. The third-order valence-electron chi connectivity index (χ3n) is 3.72. The van der Waals surface area contributed by atoms with Crippen LogP contribution >= 0.6 is 0 Å². The molecule has 0 spiro atoms. The van der Waals surface area contributed by atoms with Gasteiger partial charge in [-0.25, -0.2) is 0 Å². The summed E-state index contributed by atoms with van der Waals surface area (Å²) in [5, 5.41) is 0. The van der Waals surface area contributed by atoms with Crippen molar-refractivity contribution < 1.29 is 23.8 Å². The van der Waals surface area contributed by atoms with E-state index in [1.165, 1.54) is 7.11 Å². The van der Waals surface area contributed by atoms with Crippen LogP contribution < -0.4 is 14.2 Å². The molecule has 0 unspecified atom stereocenters. The molecule has 0 saturated carbocycles. The number of ketones is 2. The first-order valence-electron chi connectivity index (χ1n) is 6.41. The number of carbonyl (C=O) groups excluding carboxylic acids is 2. The number of hydrogen-bond donors (Lipinski definition) is 0. The van der Waals surface area contributed by atoms with E-state index in [0.717, 1.165) is 0 Å². The summed E-state index contributed by atoms with van der Waals surface area (Å²) >= 11 is 0. The van der Waals surface area contributed by atoms with Crippen LogP contribution in [0, 0.1) is 0 Å². The van der Waals surface area contributed by atoms with Gasteiger partial charge < -0.3 is 14.2 Å². The van der Waals surface area contributed by atoms with Crippen molar-refractivity contribution in [2.45, 2.75) is 0 Å². The van der Waals surface area contributed by atoms with Gasteiger partial charge in [-0.1, -0.05) is 24.3 Å². The summed E-state index contributed by atoms with van der Waals surface area (Å²) in [6.07, 6.45) is 0. The molecule has 2 aliphatic rings. The zero-order valence-corrected chi connectivity index (χ0v) is 11.1. The molecule has 0 saturated heterocycles. The fourth-order valence-corrected chi connectivity index (χ4v) is 2.75. The standard InChI is InChI=1S/C16H10O5/c1-19-11-6-10-12(16-15(11)20-7-21-16)14(18)9-5-3-2-4-8(9)13(10)17/h2-6H,7H2,1H3. The van der Waals surface area contributed by atoms with E-state index in [0.29, 0.717) is 28.2 Å². The van der Waals surface area contributed by atoms with Crippen molar-refractivity contribution in [2.24, 2.45) is 0 Å². The topological polar surface area (TPSA) is 61.8 Å². The SMILES string of the molecule is COc1cc2c(c3c1OCO3)C(=O)c1ccccc1C2=O. The smallest absolute Gasteiger partial charge is 0.231 e. The molecule has 0 aromatic heterocycles. The van der Waals surface area contributed by atoms with Crippen LogP contribution in [0.1, 0.15) is 31.8 Å². The van der Waals surface area contributed by atoms with Gasteiger partial charge in [-0.3, -0.25) is 9.59 Å². The lowest BCUT2D eigenvalue weighted by Crippen LogP contribution is -2.21. The molecule has 104 valence electrons. The molecule has 4 rings (SSSR count). The largest absolute Gasteiger partial charge is 0.493 e. The van der Waals surface area contributed by atoms with Crippen LogP contribution in [0.3, 0.4) is 0 Å². The van der Waals surface area contributed by atoms with E-state index in [2.05, 4.69) is 0 Å². The van der Waals surface area contributed by atoms with Gasteiger partial charge in [0, 0.05) is 16.7 Å². The third kappa shape index (κ3) is 1.45. The number of ether oxygens (including phenoxy) is 3. The summed E-state index contributed by atoms with van der Waals surface area (Å²) in [5.41, 5.74) is 1.33. The minimum Gasteiger partial charge on any atom is -0.493 e. The highest BCUT2D eigenvalue weighted by atomic mass is 16.7. The average molecular weight is 282 g/mol. The van der Waals surface area contributed by atoms with Gasteiger partial charge in [-0.2, -0.15) is 0 Å². The molecule has 1 aliphatic heterocycles. The van der Waals surface area contributed by atoms with Crippen LogP contribution in [-0.2, 0) is 0 Å². The van der Waals surface area contributed by atoms with Crippen LogP contribution in [0.4, 0.5) is 0 Å². The molecule has 0 bridgehead atoms. The van der Waals surface area contributed by atoms with E-state index in [1.54, 1.807) is 30.3 Å². The summed E-state index contributed by atoms with van der Waals surface area (Å²) < 4.78 is 16.0. The minimum atomic E-state index is -0.232. The van der Waals surface area contributed by atoms with Crippen LogP contribution in [-0.4, -0.2) is 25.5 Å². The molecule has 21 heavy (non-hydrogen) atoms. The first kappa shape index (κ1) is 12.0. The van der Waals surface area contributed by atoms with E-state index < -0.39 is 0 Å². The van der Waals surface area contributed by atoms with Crippen molar-refractivity contribution in [3.05, 3.63) is 52.6 Å². The van der Waals surface area contributed by atoms with Gasteiger partial charge in [-0.15, -0.1) is 0 Å². The lowest BCUT2D eigenvalue weighted by atomic mass is 9.83. The van der Waals surface area contributed by atoms with Gasteiger partial charge in [0.2, 0.25) is 12.5 Å². The number of hydrogen-bond acceptors (Lipinski definition) is 5. The second-order valence-corrected chi connectivity index (χ2v) is 4.77. The molecule has 5 nitrogen and oxygen atoms in total. The quantitative estimate of drug-likeness (QED) is 0.684. The van der Waals surface area contributed by atoms with Crippen molar-refractivity contribution in [3.63, 3.8) is 0 Å². The summed E-state index contributed by atoms with van der Waals surface area (Å²) in [7, 11) is 1.48. The zero-order valence-electron chi connectivity index (χ0n) is 11.1. The van der Waals surface area contributed by atoms with E-state index >= 15 is 0 Å². The Morgan fingerprint density at radius 2 is 1.62 bits per heavy atom. The van der Waals surface area contributed by atoms with Gasteiger partial charge >= 0.3 is 0 Å². The van der Waals surface area contributed by atoms with E-state index in [4.69, 9.17) is 14.2 Å². The zero-order chi connectivity index (χ0) is 14.6. The van der Waals surface area contributed by atoms with Crippen molar-refractivity contribution in [1.29, 1.82) is 0 Å². The fourth-order valence-electron chi connectivity index (χ4n) is 2.75. The monoisotopic (exact) mass is 282 g/mol. The molecule has 1 heterocycles. The lowest BCUT2D eigenvalue weighted by Gasteiger charge is -2.19. The highest BCUT2D eigenvalue weighted by Crippen LogP contribution is 2.47. The number of carbonyl (C=O) groups is 2. The van der Waals surface area contributed by atoms with E-state index in [-0.39, 0.29) is 29.7 Å². The molecule has 0 atom stereocenters. The Balaban J connectivity index is 2.06. The highest BCUT2D eigenvalue weighted by Gasteiger charge is 2.37. The van der Waals surface area contributed by atoms with Crippen molar-refractivity contribution >= 4 is 11.6 Å². The molecule has 0 amide bonds. The third-order valence-corrected chi connectivity index (χ3v) is 3.72. The summed E-state index contributed by atoms with van der Waals surface area (Å²) in [4.78, 5) is 25.3. The fraction of sp³-hybridized carbons (Fsp3) is 0.125. The highest BCUT2D eigenvalue weighted by molar-refractivity contribution is 6.29. The second-order valence-electron chi connectivity index (χ2n) is 4.77. The number of benzene rings is 2. The van der Waals surface area contributed by atoms with Crippen molar-refractivity contribution in [1.82, 2.24) is 0 Å². The van der Waals surface area contributed by atoms with E-state index in [1.807, 2.05) is 0 Å². The number of methoxy groups -OCH3 is 1. The van der Waals surface area contributed by atoms with Gasteiger partial charge in [0.05, 0.1) is 12.7 Å². The lowest BCUT2D eigenvalue weighted by molar-refractivity contribution is 0.0975. The molecule has 5 heteroatoms. The number of rotatable bonds is 1. The first-order valence-corrected chi connectivity index (χ1v) is 6.41. The van der Waals surface area contributed by atoms with Crippen molar-refractivity contribution in [2.75, 3.05) is 13.9 Å². The van der Waals surface area contributed by atoms with Crippen LogP contribution in [0.5, 0.6) is 17.2 Å². The molecule has 0 N–H and O–H groups in total. The molecular formula is C16H10O5. The molecule has 1 aliphatic carbocycles. The first-order chi connectivity index (χ1) is 10.2. The Morgan fingerprint density at radius 3 is 2.33 bits per heavy atom. The molecule has 0 radical (unpaired) electrons. The van der Waals surface area contributed by atoms with E-state index in [9.17, 15) is 9.59 Å². The average Bonchev–Trinajstić information content (AvgIpc) is 3.00. The van der Waals surface area contributed by atoms with Gasteiger partial charge in [-0.05, 0) is 6.07 Å². The maximum Gasteiger partial charge on any atom is 0.231 e. The normalized spacial score (nSPS) is 14.7. The predicted molar refractivity (Wildman–Crippen MR) is 72.4 cm³/mol. The summed E-state index contributed by atoms with van der Waals surface area (Å²) in [6, 6.07) is 8.30. The van der Waals surface area contributed by atoms with Gasteiger partial charge in [0.1, 0.15) is 0 Å². The Bertz CT molecular complexity index is 807. The summed E-state index contributed by atoms with van der Waals surface area (Å²) in [6.45, 7) is 0.00522. The van der Waals surface area contributed by atoms with Crippen LogP contribution in [0.25, 0.3) is 0 Å². The van der Waals surface area contributed by atoms with Crippen LogP contribution in [0.2, 0.25) is 0 Å². The summed E-state index contributed by atoms with van der Waals surface area (Å²) in [5.74, 6) is 0.608. The Labute approximate surface area is 120 Å². The molecule has 2 aromatic carbocycles. The second kappa shape index (κ2) is 4.09. The Hall–Kier alpha value is -2.82. The van der Waals surface area contributed by atoms with Gasteiger partial charge in [0.25, 0.3) is 0 Å². The maximum absolute atomic E-state index is 12.7. The molecule has 2 aromatic rings. The Kier molecular flexibility index (Phi) is 2.33. The predicted octanol–water partition coefficient (Wildman–Crippen LogP) is 2.20. The maximum atomic E-state index is 12.7. The van der Waals surface area contributed by atoms with Crippen LogP contribution in [0.15, 0.2) is 30.3 Å².